The molecule has 1 aromatic carbocycles. The van der Waals surface area contributed by atoms with Crippen LogP contribution in [0.1, 0.15) is 6.92 Å². The van der Waals surface area contributed by atoms with E-state index in [1.165, 1.54) is 17.7 Å². The van der Waals surface area contributed by atoms with Gasteiger partial charge in [0, 0.05) is 14.0 Å². The molecule has 0 unspecified atom stereocenters. The van der Waals surface area contributed by atoms with Gasteiger partial charge in [0.1, 0.15) is 11.2 Å². The highest BCUT2D eigenvalue weighted by atomic mass is 16.6. The van der Waals surface area contributed by atoms with Crippen LogP contribution in [0.5, 0.6) is 0 Å². The SMILES string of the molecule is CC(=O)Nc1ccc2nnn(C)c2c1[N+](=O)[O-]. The van der Waals surface area contributed by atoms with Crippen molar-refractivity contribution in [2.24, 2.45) is 7.05 Å². The summed E-state index contributed by atoms with van der Waals surface area (Å²) in [5.74, 6) is -0.373. The molecule has 1 heterocycles. The molecule has 1 N–H and O–H groups in total. The van der Waals surface area contributed by atoms with Crippen molar-refractivity contribution in [3.05, 3.63) is 22.2 Å². The second-order valence-corrected chi connectivity index (χ2v) is 3.48. The first-order chi connectivity index (χ1) is 8.00. The molecule has 88 valence electrons. The fourth-order valence-corrected chi connectivity index (χ4v) is 1.60. The van der Waals surface area contributed by atoms with Crippen LogP contribution in [-0.2, 0) is 11.8 Å². The highest BCUT2D eigenvalue weighted by Gasteiger charge is 2.22. The first-order valence-corrected chi connectivity index (χ1v) is 4.75. The Morgan fingerprint density at radius 1 is 1.53 bits per heavy atom. The van der Waals surface area contributed by atoms with Crippen molar-refractivity contribution in [2.45, 2.75) is 6.92 Å². The van der Waals surface area contributed by atoms with Crippen molar-refractivity contribution in [3.8, 4) is 0 Å². The molecule has 2 aromatic rings. The van der Waals surface area contributed by atoms with Crippen LogP contribution in [0.2, 0.25) is 0 Å². The number of nitrogens with one attached hydrogen (secondary N) is 1. The standard InChI is InChI=1S/C9H9N5O3/c1-5(15)10-6-3-4-7-8(9(6)14(16)17)13(2)12-11-7/h3-4H,1-2H3,(H,10,15). The Morgan fingerprint density at radius 2 is 2.24 bits per heavy atom. The number of nitro benzene ring substituents is 1. The number of nitrogens with zero attached hydrogens (tertiary/aromatic N) is 4. The predicted molar refractivity (Wildman–Crippen MR) is 59.5 cm³/mol. The molecule has 1 amide bonds. The van der Waals surface area contributed by atoms with Crippen molar-refractivity contribution in [1.29, 1.82) is 0 Å². The highest BCUT2D eigenvalue weighted by molar-refractivity contribution is 5.98. The number of benzene rings is 1. The number of fused-ring (bicyclic) bond motifs is 1. The summed E-state index contributed by atoms with van der Waals surface area (Å²) in [7, 11) is 1.56. The molecule has 0 bridgehead atoms. The lowest BCUT2D eigenvalue weighted by Crippen LogP contribution is -2.08. The number of carbonyl (C=O) groups is 1. The second-order valence-electron chi connectivity index (χ2n) is 3.48. The number of carbonyl (C=O) groups excluding carboxylic acids is 1. The fraction of sp³-hybridized carbons (Fsp3) is 0.222. The summed E-state index contributed by atoms with van der Waals surface area (Å²) in [4.78, 5) is 21.5. The van der Waals surface area contributed by atoms with Crippen molar-refractivity contribution >= 4 is 28.3 Å². The van der Waals surface area contributed by atoms with Gasteiger partial charge in [-0.05, 0) is 12.1 Å². The zero-order valence-electron chi connectivity index (χ0n) is 9.17. The molecule has 8 heteroatoms. The maximum Gasteiger partial charge on any atom is 0.320 e. The van der Waals surface area contributed by atoms with E-state index in [-0.39, 0.29) is 22.8 Å². The monoisotopic (exact) mass is 235 g/mol. The normalized spacial score (nSPS) is 10.5. The van der Waals surface area contributed by atoms with Crippen LogP contribution < -0.4 is 5.32 Å². The van der Waals surface area contributed by atoms with Crippen molar-refractivity contribution in [3.63, 3.8) is 0 Å². The molecule has 1 aromatic heterocycles. The Balaban J connectivity index is 2.76. The van der Waals surface area contributed by atoms with Gasteiger partial charge in [-0.3, -0.25) is 14.9 Å². The molecular weight excluding hydrogens is 226 g/mol. The minimum absolute atomic E-state index is 0.139. The summed E-state index contributed by atoms with van der Waals surface area (Å²) in [5.41, 5.74) is 0.625. The van der Waals surface area contributed by atoms with Gasteiger partial charge in [-0.2, -0.15) is 0 Å². The Bertz CT molecular complexity index is 618. The van der Waals surface area contributed by atoms with Crippen LogP contribution in [-0.4, -0.2) is 25.8 Å². The number of aromatic nitrogens is 3. The first kappa shape index (κ1) is 11.0. The van der Waals surface area contributed by atoms with E-state index in [0.29, 0.717) is 5.52 Å². The molecule has 8 nitrogen and oxygen atoms in total. The molecule has 0 aliphatic rings. The predicted octanol–water partition coefficient (Wildman–Crippen LogP) is 0.835. The van der Waals surface area contributed by atoms with E-state index in [9.17, 15) is 14.9 Å². The van der Waals surface area contributed by atoms with Crippen LogP contribution >= 0.6 is 0 Å². The van der Waals surface area contributed by atoms with Crippen molar-refractivity contribution in [1.82, 2.24) is 15.0 Å². The molecule has 0 saturated heterocycles. The zero-order chi connectivity index (χ0) is 12.6. The van der Waals surface area contributed by atoms with E-state index in [2.05, 4.69) is 15.6 Å². The fourth-order valence-electron chi connectivity index (χ4n) is 1.60. The molecule has 0 atom stereocenters. The van der Waals surface area contributed by atoms with E-state index in [1.807, 2.05) is 0 Å². The summed E-state index contributed by atoms with van der Waals surface area (Å²) >= 11 is 0. The van der Waals surface area contributed by atoms with Crippen LogP contribution in [0, 0.1) is 10.1 Å². The van der Waals surface area contributed by atoms with Crippen LogP contribution in [0.15, 0.2) is 12.1 Å². The van der Waals surface area contributed by atoms with Crippen LogP contribution in [0.25, 0.3) is 11.0 Å². The summed E-state index contributed by atoms with van der Waals surface area (Å²) in [6, 6.07) is 3.01. The molecule has 0 aliphatic carbocycles. The zero-order valence-corrected chi connectivity index (χ0v) is 9.17. The third kappa shape index (κ3) is 1.80. The number of amides is 1. The third-order valence-corrected chi connectivity index (χ3v) is 2.23. The van der Waals surface area contributed by atoms with E-state index in [4.69, 9.17) is 0 Å². The number of anilines is 1. The molecule has 2 rings (SSSR count). The van der Waals surface area contributed by atoms with E-state index in [0.717, 1.165) is 0 Å². The van der Waals surface area contributed by atoms with Crippen LogP contribution in [0.4, 0.5) is 11.4 Å². The molecule has 0 saturated carbocycles. The Labute approximate surface area is 95.4 Å². The van der Waals surface area contributed by atoms with Gasteiger partial charge >= 0.3 is 5.69 Å². The first-order valence-electron chi connectivity index (χ1n) is 4.75. The Hall–Kier alpha value is -2.51. The van der Waals surface area contributed by atoms with Crippen LogP contribution in [0.3, 0.4) is 0 Å². The van der Waals surface area contributed by atoms with Gasteiger partial charge in [0.05, 0.1) is 4.92 Å². The maximum absolute atomic E-state index is 11.1. The lowest BCUT2D eigenvalue weighted by molar-refractivity contribution is -0.382. The van der Waals surface area contributed by atoms with E-state index in [1.54, 1.807) is 13.1 Å². The van der Waals surface area contributed by atoms with Gasteiger partial charge in [0.25, 0.3) is 0 Å². The molecule has 0 fully saturated rings. The molecule has 17 heavy (non-hydrogen) atoms. The molecule has 0 aliphatic heterocycles. The topological polar surface area (TPSA) is 103 Å². The smallest absolute Gasteiger partial charge is 0.320 e. The number of hydrogen-bond donors (Lipinski definition) is 1. The lowest BCUT2D eigenvalue weighted by atomic mass is 10.2. The van der Waals surface area contributed by atoms with Crippen molar-refractivity contribution in [2.75, 3.05) is 5.32 Å². The second kappa shape index (κ2) is 3.81. The van der Waals surface area contributed by atoms with Gasteiger partial charge in [-0.1, -0.05) is 5.21 Å². The number of nitro groups is 1. The average molecular weight is 235 g/mol. The van der Waals surface area contributed by atoms with Gasteiger partial charge in [0.15, 0.2) is 5.52 Å². The lowest BCUT2D eigenvalue weighted by Gasteiger charge is -2.04. The van der Waals surface area contributed by atoms with Gasteiger partial charge in [-0.15, -0.1) is 5.10 Å². The van der Waals surface area contributed by atoms with Gasteiger partial charge in [-0.25, -0.2) is 4.68 Å². The summed E-state index contributed by atoms with van der Waals surface area (Å²) in [6.45, 7) is 1.29. The van der Waals surface area contributed by atoms with Gasteiger partial charge < -0.3 is 5.32 Å². The quantitative estimate of drug-likeness (QED) is 0.613. The minimum Gasteiger partial charge on any atom is -0.321 e. The Kier molecular flexibility index (Phi) is 2.47. The summed E-state index contributed by atoms with van der Waals surface area (Å²) in [5, 5.41) is 21.0. The van der Waals surface area contributed by atoms with Gasteiger partial charge in [0.2, 0.25) is 5.91 Å². The number of rotatable bonds is 2. The molecule has 0 spiro atoms. The number of hydrogen-bond acceptors (Lipinski definition) is 5. The summed E-state index contributed by atoms with van der Waals surface area (Å²) in [6.07, 6.45) is 0. The Morgan fingerprint density at radius 3 is 2.82 bits per heavy atom. The number of aryl methyl sites for hydroxylation is 1. The largest absolute Gasteiger partial charge is 0.321 e. The molecule has 0 radical (unpaired) electrons. The minimum atomic E-state index is -0.559. The maximum atomic E-state index is 11.1. The van der Waals surface area contributed by atoms with E-state index < -0.39 is 4.92 Å². The molecular formula is C9H9N5O3. The average Bonchev–Trinajstić information content (AvgIpc) is 2.59. The van der Waals surface area contributed by atoms with E-state index >= 15 is 0 Å². The highest BCUT2D eigenvalue weighted by Crippen LogP contribution is 2.31. The third-order valence-electron chi connectivity index (χ3n) is 2.23. The summed E-state index contributed by atoms with van der Waals surface area (Å²) < 4.78 is 1.30. The van der Waals surface area contributed by atoms with Crippen molar-refractivity contribution < 1.29 is 9.72 Å².